The van der Waals surface area contributed by atoms with Crippen molar-refractivity contribution in [1.82, 2.24) is 0 Å². The van der Waals surface area contributed by atoms with Crippen LogP contribution in [0.4, 0.5) is 18.9 Å². The average molecular weight is 348 g/mol. The lowest BCUT2D eigenvalue weighted by Crippen LogP contribution is -2.28. The van der Waals surface area contributed by atoms with Gasteiger partial charge in [-0.05, 0) is 49.3 Å². The highest BCUT2D eigenvalue weighted by Crippen LogP contribution is 2.40. The molecule has 0 aromatic heterocycles. The maximum Gasteiger partial charge on any atom is 0.416 e. The van der Waals surface area contributed by atoms with Crippen molar-refractivity contribution in [2.24, 2.45) is 5.92 Å². The van der Waals surface area contributed by atoms with Gasteiger partial charge in [0.15, 0.2) is 0 Å². The summed E-state index contributed by atoms with van der Waals surface area (Å²) in [6, 6.07) is 5.23. The Kier molecular flexibility index (Phi) is 3.73. The smallest absolute Gasteiger partial charge is 0.368 e. The maximum absolute atomic E-state index is 13.1. The van der Waals surface area contributed by atoms with Crippen LogP contribution in [0.25, 0.3) is 0 Å². The number of alkyl halides is 4. The zero-order valence-corrected chi connectivity index (χ0v) is 12.7. The van der Waals surface area contributed by atoms with Gasteiger partial charge in [-0.3, -0.25) is 0 Å². The molecule has 2 aliphatic rings. The first-order valence-electron chi connectivity index (χ1n) is 7.02. The third-order valence-electron chi connectivity index (χ3n) is 4.01. The van der Waals surface area contributed by atoms with Crippen LogP contribution in [0.15, 0.2) is 18.2 Å². The summed E-state index contributed by atoms with van der Waals surface area (Å²) in [6.45, 7) is 0.912. The molecule has 20 heavy (non-hydrogen) atoms. The van der Waals surface area contributed by atoms with Crippen molar-refractivity contribution in [1.29, 1.82) is 0 Å². The fraction of sp³-hybridized carbons (Fsp3) is 0.600. The highest BCUT2D eigenvalue weighted by Gasteiger charge is 2.37. The predicted molar refractivity (Wildman–Crippen MR) is 77.2 cm³/mol. The third kappa shape index (κ3) is 3.13. The number of anilines is 1. The largest absolute Gasteiger partial charge is 0.416 e. The molecule has 110 valence electrons. The van der Waals surface area contributed by atoms with Crippen molar-refractivity contribution in [3.8, 4) is 0 Å². The summed E-state index contributed by atoms with van der Waals surface area (Å²) in [4.78, 5) is 2.19. The van der Waals surface area contributed by atoms with Crippen LogP contribution >= 0.6 is 15.9 Å². The van der Waals surface area contributed by atoms with Crippen molar-refractivity contribution in [3.05, 3.63) is 29.3 Å². The van der Waals surface area contributed by atoms with E-state index in [1.165, 1.54) is 18.9 Å². The molecule has 2 fully saturated rings. The van der Waals surface area contributed by atoms with Crippen LogP contribution in [-0.2, 0) is 11.5 Å². The monoisotopic (exact) mass is 347 g/mol. The third-order valence-corrected chi connectivity index (χ3v) is 4.62. The molecule has 3 rings (SSSR count). The van der Waals surface area contributed by atoms with Gasteiger partial charge in [-0.1, -0.05) is 22.0 Å². The molecule has 1 aromatic rings. The minimum Gasteiger partial charge on any atom is -0.368 e. The Labute approximate surface area is 125 Å². The first-order chi connectivity index (χ1) is 9.49. The molecule has 2 aliphatic carbocycles. The molecule has 0 aliphatic heterocycles. The lowest BCUT2D eigenvalue weighted by Gasteiger charge is -2.26. The summed E-state index contributed by atoms with van der Waals surface area (Å²) in [5.74, 6) is 0.681. The van der Waals surface area contributed by atoms with Crippen LogP contribution < -0.4 is 4.90 Å². The standard InChI is InChI=1S/C15H17BrF3N/c16-8-11-3-4-13(7-14(11)15(17,18)19)20(12-5-6-12)9-10-1-2-10/h3-4,7,10,12H,1-2,5-6,8-9H2. The van der Waals surface area contributed by atoms with Gasteiger partial charge in [0.2, 0.25) is 0 Å². The molecule has 0 heterocycles. The topological polar surface area (TPSA) is 3.24 Å². The summed E-state index contributed by atoms with van der Waals surface area (Å²) >= 11 is 3.14. The number of benzene rings is 1. The van der Waals surface area contributed by atoms with Gasteiger partial charge in [-0.15, -0.1) is 0 Å². The molecule has 0 N–H and O–H groups in total. The fourth-order valence-corrected chi connectivity index (χ4v) is 3.04. The van der Waals surface area contributed by atoms with E-state index in [2.05, 4.69) is 20.8 Å². The van der Waals surface area contributed by atoms with Crippen molar-refractivity contribution in [3.63, 3.8) is 0 Å². The molecule has 2 saturated carbocycles. The normalized spacial score (nSPS) is 19.2. The second-order valence-electron chi connectivity index (χ2n) is 5.80. The second-order valence-corrected chi connectivity index (χ2v) is 6.36. The SMILES string of the molecule is FC(F)(F)c1cc(N(CC2CC2)C2CC2)ccc1CBr. The van der Waals surface area contributed by atoms with E-state index >= 15 is 0 Å². The number of halogens is 4. The zero-order chi connectivity index (χ0) is 14.3. The Balaban J connectivity index is 1.91. The van der Waals surface area contributed by atoms with E-state index in [0.717, 1.165) is 25.1 Å². The first kappa shape index (κ1) is 14.2. The number of rotatable bonds is 5. The van der Waals surface area contributed by atoms with Gasteiger partial charge in [-0.25, -0.2) is 0 Å². The lowest BCUT2D eigenvalue weighted by molar-refractivity contribution is -0.138. The molecular formula is C15H17BrF3N. The Bertz CT molecular complexity index is 492. The van der Waals surface area contributed by atoms with E-state index in [1.54, 1.807) is 6.07 Å². The Hall–Kier alpha value is -0.710. The molecule has 0 spiro atoms. The Morgan fingerprint density at radius 2 is 1.85 bits per heavy atom. The average Bonchev–Trinajstić information content (AvgIpc) is 3.26. The highest BCUT2D eigenvalue weighted by molar-refractivity contribution is 9.08. The van der Waals surface area contributed by atoms with Crippen molar-refractivity contribution in [2.45, 2.75) is 43.2 Å². The van der Waals surface area contributed by atoms with Gasteiger partial charge in [0.1, 0.15) is 0 Å². The van der Waals surface area contributed by atoms with Crippen LogP contribution in [0.2, 0.25) is 0 Å². The molecule has 1 aromatic carbocycles. The minimum absolute atomic E-state index is 0.230. The van der Waals surface area contributed by atoms with E-state index in [9.17, 15) is 13.2 Å². The van der Waals surface area contributed by atoms with Gasteiger partial charge in [-0.2, -0.15) is 13.2 Å². The minimum atomic E-state index is -4.28. The van der Waals surface area contributed by atoms with E-state index in [4.69, 9.17) is 0 Å². The van der Waals surface area contributed by atoms with E-state index < -0.39 is 11.7 Å². The van der Waals surface area contributed by atoms with Gasteiger partial charge >= 0.3 is 6.18 Å². The summed E-state index contributed by atoms with van der Waals surface area (Å²) < 4.78 is 39.4. The van der Waals surface area contributed by atoms with Crippen LogP contribution in [-0.4, -0.2) is 12.6 Å². The Morgan fingerprint density at radius 3 is 2.35 bits per heavy atom. The molecule has 0 amide bonds. The van der Waals surface area contributed by atoms with Gasteiger partial charge in [0, 0.05) is 23.6 Å². The van der Waals surface area contributed by atoms with Crippen molar-refractivity contribution < 1.29 is 13.2 Å². The van der Waals surface area contributed by atoms with Crippen molar-refractivity contribution in [2.75, 3.05) is 11.4 Å². The van der Waals surface area contributed by atoms with Crippen LogP contribution in [0.1, 0.15) is 36.8 Å². The predicted octanol–water partition coefficient (Wildman–Crippen LogP) is 4.98. The summed E-state index contributed by atoms with van der Waals surface area (Å²) in [5, 5.41) is 0.230. The highest BCUT2D eigenvalue weighted by atomic mass is 79.9. The van der Waals surface area contributed by atoms with Gasteiger partial charge in [0.05, 0.1) is 5.56 Å². The van der Waals surface area contributed by atoms with Gasteiger partial charge in [0.25, 0.3) is 0 Å². The van der Waals surface area contributed by atoms with E-state index in [1.807, 2.05) is 6.07 Å². The Morgan fingerprint density at radius 1 is 1.15 bits per heavy atom. The molecule has 5 heteroatoms. The lowest BCUT2D eigenvalue weighted by atomic mass is 10.1. The van der Waals surface area contributed by atoms with Crippen LogP contribution in [0.5, 0.6) is 0 Å². The van der Waals surface area contributed by atoms with E-state index in [-0.39, 0.29) is 5.33 Å². The molecule has 0 bridgehead atoms. The number of hydrogen-bond donors (Lipinski definition) is 0. The molecule has 0 radical (unpaired) electrons. The summed E-state index contributed by atoms with van der Waals surface area (Å²) in [7, 11) is 0. The first-order valence-corrected chi connectivity index (χ1v) is 8.14. The van der Waals surface area contributed by atoms with Crippen molar-refractivity contribution >= 4 is 21.6 Å². The summed E-state index contributed by atoms with van der Waals surface area (Å²) in [6.07, 6.45) is 0.361. The quantitative estimate of drug-likeness (QED) is 0.679. The molecule has 0 unspecified atom stereocenters. The molecule has 0 atom stereocenters. The molecular weight excluding hydrogens is 331 g/mol. The number of hydrogen-bond acceptors (Lipinski definition) is 1. The fourth-order valence-electron chi connectivity index (χ4n) is 2.55. The number of nitrogens with zero attached hydrogens (tertiary/aromatic N) is 1. The molecule has 1 nitrogen and oxygen atoms in total. The van der Waals surface area contributed by atoms with Crippen LogP contribution in [0.3, 0.4) is 0 Å². The van der Waals surface area contributed by atoms with Crippen LogP contribution in [0, 0.1) is 5.92 Å². The maximum atomic E-state index is 13.1. The zero-order valence-electron chi connectivity index (χ0n) is 11.1. The summed E-state index contributed by atoms with van der Waals surface area (Å²) in [5.41, 5.74) is 0.535. The second kappa shape index (κ2) is 5.24. The van der Waals surface area contributed by atoms with Gasteiger partial charge < -0.3 is 4.90 Å². The van der Waals surface area contributed by atoms with E-state index in [0.29, 0.717) is 17.5 Å². The molecule has 0 saturated heterocycles.